The van der Waals surface area contributed by atoms with Gasteiger partial charge in [0, 0.05) is 0 Å². The van der Waals surface area contributed by atoms with Crippen LogP contribution in [0.4, 0.5) is 0 Å². The summed E-state index contributed by atoms with van der Waals surface area (Å²) < 4.78 is 0. The first kappa shape index (κ1) is 609. The highest BCUT2D eigenvalue weighted by Gasteiger charge is -0.0744. The Morgan fingerprint density at radius 1 is 0.333 bits per heavy atom. The standard InChI is InChI=1S/4CH4.2ClH/h4*1H4;2*1H. The second-order valence-electron chi connectivity index (χ2n) is 0. The summed E-state index contributed by atoms with van der Waals surface area (Å²) in [5.74, 6) is 0. The van der Waals surface area contributed by atoms with Gasteiger partial charge in [-0.2, -0.15) is 0 Å². The zero-order valence-corrected chi connectivity index (χ0v) is 2.45. The molecule has 6 heavy (non-hydrogen) atoms. The van der Waals surface area contributed by atoms with Crippen molar-refractivity contribution in [2.45, 2.75) is 29.7 Å². The molecule has 0 N–H and O–H groups in total. The van der Waals surface area contributed by atoms with Gasteiger partial charge in [0.2, 0.25) is 0 Å². The molecule has 0 radical (unpaired) electrons. The van der Waals surface area contributed by atoms with E-state index in [9.17, 15) is 0 Å². The van der Waals surface area contributed by atoms with Crippen LogP contribution >= 0.6 is 24.8 Å². The van der Waals surface area contributed by atoms with Crippen LogP contribution in [0.25, 0.3) is 0 Å². The quantitative estimate of drug-likeness (QED) is 0.480. The maximum atomic E-state index is 0. The maximum Gasteiger partial charge on any atom is -0.0776 e. The first-order chi connectivity index (χ1) is 0. The fourth-order valence-electron chi connectivity index (χ4n) is 0. The van der Waals surface area contributed by atoms with Gasteiger partial charge in [-0.1, -0.05) is 29.7 Å². The lowest BCUT2D eigenvalue weighted by Crippen LogP contribution is 0.143. The van der Waals surface area contributed by atoms with E-state index in [2.05, 4.69) is 0 Å². The first-order valence-corrected chi connectivity index (χ1v) is 0. The van der Waals surface area contributed by atoms with Crippen LogP contribution in [0.15, 0.2) is 0 Å². The van der Waals surface area contributed by atoms with Crippen LogP contribution in [0.1, 0.15) is 29.7 Å². The molecule has 0 aromatic heterocycles. The van der Waals surface area contributed by atoms with Gasteiger partial charge in [0.25, 0.3) is 0 Å². The molecular formula is C4H18Cl2. The molecule has 0 fully saturated rings. The van der Waals surface area contributed by atoms with E-state index in [1.165, 1.54) is 0 Å². The van der Waals surface area contributed by atoms with Crippen molar-refractivity contribution in [3.8, 4) is 0 Å². The van der Waals surface area contributed by atoms with Gasteiger partial charge in [-0.3, -0.25) is 0 Å². The molecule has 0 spiro atoms. The van der Waals surface area contributed by atoms with Crippen molar-refractivity contribution in [3.05, 3.63) is 0 Å². The number of halogens is 2. The molecule has 0 amide bonds. The summed E-state index contributed by atoms with van der Waals surface area (Å²) in [6, 6.07) is 0. The third-order valence-electron chi connectivity index (χ3n) is 0. The van der Waals surface area contributed by atoms with Crippen molar-refractivity contribution in [2.75, 3.05) is 0 Å². The van der Waals surface area contributed by atoms with Gasteiger partial charge in [-0.25, -0.2) is 0 Å². The molecule has 0 aromatic carbocycles. The monoisotopic (exact) mass is 136 g/mol. The zero-order chi connectivity index (χ0) is 0. The third kappa shape index (κ3) is 174. The topological polar surface area (TPSA) is 0 Å². The summed E-state index contributed by atoms with van der Waals surface area (Å²) in [5, 5.41) is 0. The van der Waals surface area contributed by atoms with Crippen LogP contribution in [0.3, 0.4) is 0 Å². The molecule has 0 aliphatic carbocycles. The van der Waals surface area contributed by atoms with Gasteiger partial charge < -0.3 is 0 Å². The largest absolute Gasteiger partial charge is 0.147 e. The summed E-state index contributed by atoms with van der Waals surface area (Å²) in [4.78, 5) is 0. The van der Waals surface area contributed by atoms with Crippen molar-refractivity contribution in [3.63, 3.8) is 0 Å². The summed E-state index contributed by atoms with van der Waals surface area (Å²) in [7, 11) is 0. The smallest absolute Gasteiger partial charge is 0.0776 e. The Kier molecular flexibility index (Phi) is 35300. The summed E-state index contributed by atoms with van der Waals surface area (Å²) in [6.45, 7) is 0. The molecule has 0 aromatic rings. The minimum absolute atomic E-state index is 0. The fourth-order valence-corrected chi connectivity index (χ4v) is 0. The van der Waals surface area contributed by atoms with Gasteiger partial charge in [0.15, 0.2) is 0 Å². The van der Waals surface area contributed by atoms with Crippen LogP contribution < -0.4 is 0 Å². The Labute approximate surface area is 55.2 Å². The van der Waals surface area contributed by atoms with Crippen LogP contribution in [0, 0.1) is 0 Å². The lowest BCUT2D eigenvalue weighted by molar-refractivity contribution is 2.50. The predicted molar refractivity (Wildman–Crippen MR) is 41.4 cm³/mol. The molecule has 0 saturated carbocycles. The number of rotatable bonds is 0. The Balaban J connectivity index is 0. The average molecular weight is 137 g/mol. The first-order valence-electron chi connectivity index (χ1n) is 0. The van der Waals surface area contributed by atoms with E-state index >= 15 is 0 Å². The predicted octanol–water partition coefficient (Wildman–Crippen LogP) is 3.39. The van der Waals surface area contributed by atoms with E-state index in [0.29, 0.717) is 0 Å². The second kappa shape index (κ2) is 348. The SMILES string of the molecule is C.C.C.C.Cl.Cl. The van der Waals surface area contributed by atoms with Crippen molar-refractivity contribution in [1.82, 2.24) is 0 Å². The van der Waals surface area contributed by atoms with Crippen molar-refractivity contribution in [1.29, 1.82) is 0 Å². The molecule has 48 valence electrons. The zero-order valence-electron chi connectivity index (χ0n) is 0.816. The molecule has 0 nitrogen and oxygen atoms in total. The molecule has 0 heterocycles. The number of hydrogen-bond acceptors (Lipinski definition) is 0. The highest BCUT2D eigenvalue weighted by Crippen LogP contribution is 0.691. The van der Waals surface area contributed by atoms with E-state index in [0.717, 1.165) is 0 Å². The molecule has 0 atom stereocenters. The van der Waals surface area contributed by atoms with E-state index in [-0.39, 0.29) is 54.5 Å². The molecule has 0 aliphatic rings. The van der Waals surface area contributed by atoms with Crippen LogP contribution in [-0.2, 0) is 0 Å². The lowest BCUT2D eigenvalue weighted by Gasteiger charge is -0.148. The fraction of sp³-hybridized carbons (Fsp3) is 1.00. The van der Waals surface area contributed by atoms with Crippen molar-refractivity contribution < 1.29 is 0 Å². The van der Waals surface area contributed by atoms with E-state index in [1.807, 2.05) is 0 Å². The van der Waals surface area contributed by atoms with E-state index < -0.39 is 0 Å². The van der Waals surface area contributed by atoms with Gasteiger partial charge in [0.1, 0.15) is 0 Å². The van der Waals surface area contributed by atoms with Gasteiger partial charge in [-0.05, 0) is 0 Å². The molecule has 2 heteroatoms. The Bertz CT molecular complexity index is 5.51. The third-order valence-corrected chi connectivity index (χ3v) is 0. The van der Waals surface area contributed by atoms with Crippen LogP contribution in [-0.4, -0.2) is 0 Å². The molecular weight excluding hydrogens is 119 g/mol. The summed E-state index contributed by atoms with van der Waals surface area (Å²) >= 11 is 0. The minimum Gasteiger partial charge on any atom is -0.147 e. The molecule has 0 unspecified atom stereocenters. The summed E-state index contributed by atoms with van der Waals surface area (Å²) in [5.41, 5.74) is 0. The van der Waals surface area contributed by atoms with E-state index in [4.69, 9.17) is 0 Å². The minimum atomic E-state index is 0. The Hall–Kier alpha value is 0.580. The van der Waals surface area contributed by atoms with E-state index in [1.54, 1.807) is 0 Å². The molecule has 0 bridgehead atoms. The second-order valence-corrected chi connectivity index (χ2v) is 0. The van der Waals surface area contributed by atoms with Gasteiger partial charge in [0.05, 0.1) is 0 Å². The highest BCUT2D eigenvalue weighted by molar-refractivity contribution is 5.85. The van der Waals surface area contributed by atoms with Gasteiger partial charge >= 0.3 is 0 Å². The van der Waals surface area contributed by atoms with Gasteiger partial charge in [-0.15, -0.1) is 24.8 Å². The average Bonchev–Trinajstić information content (AvgIpc) is 0. The molecule has 0 saturated heterocycles. The normalized spacial score (nSPS) is 0. The van der Waals surface area contributed by atoms with Crippen LogP contribution in [0.2, 0.25) is 0 Å². The number of hydrogen-bond donors (Lipinski definition) is 0. The Morgan fingerprint density at radius 3 is 0.333 bits per heavy atom. The summed E-state index contributed by atoms with van der Waals surface area (Å²) in [6.07, 6.45) is 0. The Morgan fingerprint density at radius 2 is 0.333 bits per heavy atom. The van der Waals surface area contributed by atoms with Crippen molar-refractivity contribution in [2.24, 2.45) is 0 Å². The molecule has 0 rings (SSSR count). The highest BCUT2D eigenvalue weighted by atomic mass is 35.5. The lowest BCUT2D eigenvalue weighted by atomic mass is 12.0. The van der Waals surface area contributed by atoms with Crippen molar-refractivity contribution >= 4 is 24.8 Å². The van der Waals surface area contributed by atoms with Crippen LogP contribution in [0.5, 0.6) is 0 Å². The molecule has 0 aliphatic heterocycles. The maximum absolute atomic E-state index is 0.